The first-order valence-corrected chi connectivity index (χ1v) is 6.57. The van der Waals surface area contributed by atoms with E-state index < -0.39 is 11.9 Å². The summed E-state index contributed by atoms with van der Waals surface area (Å²) < 4.78 is 18.2. The largest absolute Gasteiger partial charge is 0.494 e. The molecule has 0 spiro atoms. The van der Waals surface area contributed by atoms with Crippen LogP contribution in [0, 0.1) is 11.7 Å². The van der Waals surface area contributed by atoms with E-state index >= 15 is 0 Å². The highest BCUT2D eigenvalue weighted by Gasteiger charge is 2.29. The summed E-state index contributed by atoms with van der Waals surface area (Å²) in [6.07, 6.45) is 4.42. The van der Waals surface area contributed by atoms with E-state index in [4.69, 9.17) is 4.74 Å². The Labute approximate surface area is 117 Å². The van der Waals surface area contributed by atoms with Crippen molar-refractivity contribution in [3.05, 3.63) is 35.7 Å². The smallest absolute Gasteiger partial charge is 0.244 e. The summed E-state index contributed by atoms with van der Waals surface area (Å²) in [5.74, 6) is -0.283. The molecule has 1 atom stereocenters. The average Bonchev–Trinajstić information content (AvgIpc) is 3.27. The number of aliphatic hydroxyl groups is 1. The van der Waals surface area contributed by atoms with Crippen molar-refractivity contribution >= 4 is 12.0 Å². The average molecular weight is 279 g/mol. The molecular weight excluding hydrogens is 261 g/mol. The van der Waals surface area contributed by atoms with Crippen molar-refractivity contribution in [2.75, 3.05) is 13.7 Å². The molecule has 1 aliphatic rings. The maximum atomic E-state index is 13.4. The summed E-state index contributed by atoms with van der Waals surface area (Å²) in [6.45, 7) is 0.255. The molecule has 1 unspecified atom stereocenters. The van der Waals surface area contributed by atoms with Gasteiger partial charge in [0.2, 0.25) is 5.91 Å². The number of aliphatic hydroxyl groups excluding tert-OH is 1. The topological polar surface area (TPSA) is 58.6 Å². The van der Waals surface area contributed by atoms with Crippen LogP contribution in [0.1, 0.15) is 18.4 Å². The molecule has 0 aromatic heterocycles. The van der Waals surface area contributed by atoms with Crippen molar-refractivity contribution in [3.8, 4) is 5.75 Å². The minimum Gasteiger partial charge on any atom is -0.494 e. The molecule has 4 nitrogen and oxygen atoms in total. The molecule has 0 radical (unpaired) electrons. The molecule has 0 saturated heterocycles. The lowest BCUT2D eigenvalue weighted by Gasteiger charge is -2.08. The SMILES string of the molecule is COc1ccc(C=CC(=O)NCC(O)C2CC2)cc1F. The van der Waals surface area contributed by atoms with Gasteiger partial charge in [0.1, 0.15) is 0 Å². The zero-order chi connectivity index (χ0) is 14.5. The summed E-state index contributed by atoms with van der Waals surface area (Å²) in [4.78, 5) is 11.5. The molecule has 2 rings (SSSR count). The molecule has 1 aliphatic carbocycles. The molecule has 108 valence electrons. The van der Waals surface area contributed by atoms with Crippen molar-refractivity contribution in [1.29, 1.82) is 0 Å². The highest BCUT2D eigenvalue weighted by atomic mass is 19.1. The maximum absolute atomic E-state index is 13.4. The van der Waals surface area contributed by atoms with Crippen LogP contribution in [0.2, 0.25) is 0 Å². The minimum atomic E-state index is -0.473. The Hall–Kier alpha value is -1.88. The van der Waals surface area contributed by atoms with Gasteiger partial charge in [-0.25, -0.2) is 4.39 Å². The number of benzene rings is 1. The number of methoxy groups -OCH3 is 1. The molecule has 1 aromatic rings. The van der Waals surface area contributed by atoms with Gasteiger partial charge in [0.25, 0.3) is 0 Å². The first-order valence-electron chi connectivity index (χ1n) is 6.57. The predicted molar refractivity (Wildman–Crippen MR) is 73.7 cm³/mol. The Balaban J connectivity index is 1.84. The Morgan fingerprint density at radius 3 is 2.95 bits per heavy atom. The van der Waals surface area contributed by atoms with E-state index in [1.165, 1.54) is 31.4 Å². The minimum absolute atomic E-state index is 0.166. The van der Waals surface area contributed by atoms with Gasteiger partial charge in [-0.2, -0.15) is 0 Å². The number of hydrogen-bond acceptors (Lipinski definition) is 3. The van der Waals surface area contributed by atoms with Crippen LogP contribution in [0.25, 0.3) is 6.08 Å². The summed E-state index contributed by atoms with van der Waals surface area (Å²) in [5.41, 5.74) is 0.571. The Morgan fingerprint density at radius 1 is 1.60 bits per heavy atom. The fourth-order valence-corrected chi connectivity index (χ4v) is 1.87. The van der Waals surface area contributed by atoms with Crippen molar-refractivity contribution in [3.63, 3.8) is 0 Å². The highest BCUT2D eigenvalue weighted by Crippen LogP contribution is 2.32. The molecule has 1 amide bonds. The number of nitrogens with one attached hydrogen (secondary N) is 1. The van der Waals surface area contributed by atoms with Gasteiger partial charge in [-0.15, -0.1) is 0 Å². The molecule has 0 bridgehead atoms. The number of halogens is 1. The van der Waals surface area contributed by atoms with E-state index in [2.05, 4.69) is 5.32 Å². The van der Waals surface area contributed by atoms with Crippen LogP contribution in [-0.4, -0.2) is 30.8 Å². The van der Waals surface area contributed by atoms with Crippen molar-refractivity contribution in [2.24, 2.45) is 5.92 Å². The lowest BCUT2D eigenvalue weighted by molar-refractivity contribution is -0.116. The number of carbonyl (C=O) groups is 1. The maximum Gasteiger partial charge on any atom is 0.244 e. The van der Waals surface area contributed by atoms with Crippen LogP contribution < -0.4 is 10.1 Å². The van der Waals surface area contributed by atoms with E-state index in [1.807, 2.05) is 0 Å². The van der Waals surface area contributed by atoms with E-state index in [-0.39, 0.29) is 18.2 Å². The Kier molecular flexibility index (Phi) is 4.74. The third-order valence-corrected chi connectivity index (χ3v) is 3.25. The van der Waals surface area contributed by atoms with Crippen LogP contribution in [0.5, 0.6) is 5.75 Å². The monoisotopic (exact) mass is 279 g/mol. The molecule has 1 saturated carbocycles. The van der Waals surface area contributed by atoms with E-state index in [9.17, 15) is 14.3 Å². The first kappa shape index (κ1) is 14.5. The highest BCUT2D eigenvalue weighted by molar-refractivity contribution is 5.91. The van der Waals surface area contributed by atoms with Crippen molar-refractivity contribution in [1.82, 2.24) is 5.32 Å². The first-order chi connectivity index (χ1) is 9.60. The van der Waals surface area contributed by atoms with Crippen LogP contribution >= 0.6 is 0 Å². The second-order valence-electron chi connectivity index (χ2n) is 4.88. The number of carbonyl (C=O) groups excluding carboxylic acids is 1. The molecule has 0 aliphatic heterocycles. The van der Waals surface area contributed by atoms with E-state index in [1.54, 1.807) is 6.07 Å². The van der Waals surface area contributed by atoms with Gasteiger partial charge in [0.05, 0.1) is 13.2 Å². The fourth-order valence-electron chi connectivity index (χ4n) is 1.87. The number of hydrogen-bond donors (Lipinski definition) is 2. The summed E-state index contributed by atoms with van der Waals surface area (Å²) in [6, 6.07) is 4.45. The Morgan fingerprint density at radius 2 is 2.35 bits per heavy atom. The van der Waals surface area contributed by atoms with Crippen molar-refractivity contribution in [2.45, 2.75) is 18.9 Å². The van der Waals surface area contributed by atoms with Gasteiger partial charge in [-0.1, -0.05) is 6.07 Å². The lowest BCUT2D eigenvalue weighted by atomic mass is 10.2. The van der Waals surface area contributed by atoms with Crippen LogP contribution in [0.15, 0.2) is 24.3 Å². The fraction of sp³-hybridized carbons (Fsp3) is 0.400. The standard InChI is InChI=1S/C15H18FNO3/c1-20-14-6-2-10(8-12(14)16)3-7-15(19)17-9-13(18)11-4-5-11/h2-3,6-8,11,13,18H,4-5,9H2,1H3,(H,17,19). The molecule has 1 fully saturated rings. The second-order valence-corrected chi connectivity index (χ2v) is 4.88. The number of amides is 1. The quantitative estimate of drug-likeness (QED) is 0.780. The van der Waals surface area contributed by atoms with Gasteiger partial charge < -0.3 is 15.2 Å². The molecule has 1 aromatic carbocycles. The third kappa shape index (κ3) is 4.06. The van der Waals surface area contributed by atoms with Gasteiger partial charge >= 0.3 is 0 Å². The molecular formula is C15H18FNO3. The molecule has 5 heteroatoms. The molecule has 2 N–H and O–H groups in total. The number of rotatable bonds is 6. The summed E-state index contributed by atoms with van der Waals surface area (Å²) in [5, 5.41) is 12.2. The van der Waals surface area contributed by atoms with Gasteiger partial charge in [-0.05, 0) is 42.5 Å². The lowest BCUT2D eigenvalue weighted by Crippen LogP contribution is -2.31. The predicted octanol–water partition coefficient (Wildman–Crippen LogP) is 1.73. The Bertz CT molecular complexity index is 512. The van der Waals surface area contributed by atoms with Crippen molar-refractivity contribution < 1.29 is 19.0 Å². The second kappa shape index (κ2) is 6.52. The van der Waals surface area contributed by atoms with Crippen LogP contribution in [-0.2, 0) is 4.79 Å². The van der Waals surface area contributed by atoms with Gasteiger partial charge in [0.15, 0.2) is 11.6 Å². The molecule has 20 heavy (non-hydrogen) atoms. The summed E-state index contributed by atoms with van der Waals surface area (Å²) >= 11 is 0. The van der Waals surface area contributed by atoms with Gasteiger partial charge in [-0.3, -0.25) is 4.79 Å². The zero-order valence-corrected chi connectivity index (χ0v) is 11.3. The van der Waals surface area contributed by atoms with Crippen LogP contribution in [0.3, 0.4) is 0 Å². The van der Waals surface area contributed by atoms with E-state index in [0.717, 1.165) is 12.8 Å². The molecule has 0 heterocycles. The van der Waals surface area contributed by atoms with E-state index in [0.29, 0.717) is 11.5 Å². The number of ether oxygens (including phenoxy) is 1. The summed E-state index contributed by atoms with van der Waals surface area (Å²) in [7, 11) is 1.40. The van der Waals surface area contributed by atoms with Gasteiger partial charge in [0, 0.05) is 12.6 Å². The van der Waals surface area contributed by atoms with Crippen LogP contribution in [0.4, 0.5) is 4.39 Å². The zero-order valence-electron chi connectivity index (χ0n) is 11.3. The normalized spacial score (nSPS) is 16.1. The third-order valence-electron chi connectivity index (χ3n) is 3.25.